The van der Waals surface area contributed by atoms with Gasteiger partial charge in [0.1, 0.15) is 11.1 Å². The van der Waals surface area contributed by atoms with E-state index in [1.807, 2.05) is 19.2 Å². The van der Waals surface area contributed by atoms with Gasteiger partial charge in [-0.15, -0.1) is 11.3 Å². The average Bonchev–Trinajstić information content (AvgIpc) is 2.54. The smallest absolute Gasteiger partial charge is 0.122 e. The summed E-state index contributed by atoms with van der Waals surface area (Å²) in [6, 6.07) is 0. The van der Waals surface area contributed by atoms with Crippen LogP contribution in [0.2, 0.25) is 0 Å². The quantitative estimate of drug-likeness (QED) is 0.733. The fourth-order valence-electron chi connectivity index (χ4n) is 1.04. The maximum Gasteiger partial charge on any atom is 0.122 e. The minimum absolute atomic E-state index is 0.0978. The van der Waals surface area contributed by atoms with E-state index < -0.39 is 0 Å². The normalized spacial score (nSPS) is 13.2. The Bertz CT molecular complexity index is 250. The first-order valence-corrected chi connectivity index (χ1v) is 5.20. The van der Waals surface area contributed by atoms with Crippen molar-refractivity contribution in [3.8, 4) is 0 Å². The van der Waals surface area contributed by atoms with Gasteiger partial charge in [0.15, 0.2) is 0 Å². The molecule has 0 bridgehead atoms. The van der Waals surface area contributed by atoms with Gasteiger partial charge in [0.2, 0.25) is 0 Å². The number of nitrogens with zero attached hydrogens (tertiary/aromatic N) is 1. The molecule has 0 fully saturated rings. The van der Waals surface area contributed by atoms with Crippen molar-refractivity contribution in [3.05, 3.63) is 16.1 Å². The van der Waals surface area contributed by atoms with E-state index in [2.05, 4.69) is 4.98 Å². The number of aromatic nitrogens is 1. The summed E-state index contributed by atoms with van der Waals surface area (Å²) in [7, 11) is 1.67. The maximum atomic E-state index is 5.43. The lowest BCUT2D eigenvalue weighted by Gasteiger charge is -2.06. The van der Waals surface area contributed by atoms with Gasteiger partial charge in [0.25, 0.3) is 0 Å². The molecule has 1 unspecified atom stereocenters. The summed E-state index contributed by atoms with van der Waals surface area (Å²) >= 11 is 1.62. The molecule has 0 amide bonds. The molecule has 0 aliphatic carbocycles. The topological polar surface area (TPSA) is 31.4 Å². The van der Waals surface area contributed by atoms with Gasteiger partial charge < -0.3 is 9.47 Å². The van der Waals surface area contributed by atoms with E-state index >= 15 is 0 Å². The van der Waals surface area contributed by atoms with Gasteiger partial charge in [0.05, 0.1) is 12.3 Å². The van der Waals surface area contributed by atoms with Crippen LogP contribution in [0, 0.1) is 0 Å². The number of ether oxygens (including phenoxy) is 2. The van der Waals surface area contributed by atoms with E-state index in [0.29, 0.717) is 6.61 Å². The summed E-state index contributed by atoms with van der Waals surface area (Å²) in [6.45, 7) is 5.30. The van der Waals surface area contributed by atoms with E-state index in [9.17, 15) is 0 Å². The first kappa shape index (κ1) is 10.6. The molecule has 3 nitrogen and oxygen atoms in total. The van der Waals surface area contributed by atoms with Crippen LogP contribution in [0.25, 0.3) is 0 Å². The van der Waals surface area contributed by atoms with Crippen molar-refractivity contribution in [1.82, 2.24) is 4.98 Å². The highest BCUT2D eigenvalue weighted by atomic mass is 32.1. The first-order chi connectivity index (χ1) is 6.27. The fraction of sp³-hybridized carbons (Fsp3) is 0.667. The Morgan fingerprint density at radius 2 is 2.38 bits per heavy atom. The van der Waals surface area contributed by atoms with Crippen LogP contribution in [0.5, 0.6) is 0 Å². The Hall–Kier alpha value is -0.450. The molecular formula is C9H15NO2S. The van der Waals surface area contributed by atoms with E-state index in [4.69, 9.17) is 9.47 Å². The van der Waals surface area contributed by atoms with Crippen LogP contribution < -0.4 is 0 Å². The van der Waals surface area contributed by atoms with Gasteiger partial charge in [-0.05, 0) is 13.8 Å². The zero-order valence-corrected chi connectivity index (χ0v) is 9.06. The summed E-state index contributed by atoms with van der Waals surface area (Å²) in [5.41, 5.74) is 0.981. The number of rotatable bonds is 5. The van der Waals surface area contributed by atoms with Crippen molar-refractivity contribution in [2.75, 3.05) is 13.7 Å². The van der Waals surface area contributed by atoms with Crippen LogP contribution in [-0.2, 0) is 16.1 Å². The Labute approximate surface area is 82.7 Å². The third kappa shape index (κ3) is 3.06. The molecule has 13 heavy (non-hydrogen) atoms. The highest BCUT2D eigenvalue weighted by Gasteiger charge is 2.09. The number of methoxy groups -OCH3 is 1. The zero-order valence-electron chi connectivity index (χ0n) is 8.24. The Kier molecular flexibility index (Phi) is 4.35. The largest absolute Gasteiger partial charge is 0.378 e. The zero-order chi connectivity index (χ0) is 9.68. The Morgan fingerprint density at radius 3 is 3.00 bits per heavy atom. The summed E-state index contributed by atoms with van der Waals surface area (Å²) in [4.78, 5) is 4.39. The lowest BCUT2D eigenvalue weighted by Crippen LogP contribution is -1.99. The van der Waals surface area contributed by atoms with Gasteiger partial charge in [-0.25, -0.2) is 4.98 Å². The van der Waals surface area contributed by atoms with Crippen LogP contribution in [0.4, 0.5) is 0 Å². The number of hydrogen-bond acceptors (Lipinski definition) is 4. The van der Waals surface area contributed by atoms with Crippen molar-refractivity contribution in [1.29, 1.82) is 0 Å². The van der Waals surface area contributed by atoms with Crippen molar-refractivity contribution < 1.29 is 9.47 Å². The molecule has 1 aromatic rings. The molecule has 0 spiro atoms. The predicted molar refractivity (Wildman–Crippen MR) is 52.9 cm³/mol. The van der Waals surface area contributed by atoms with E-state index in [-0.39, 0.29) is 6.10 Å². The second kappa shape index (κ2) is 5.32. The van der Waals surface area contributed by atoms with Crippen molar-refractivity contribution in [2.24, 2.45) is 0 Å². The first-order valence-electron chi connectivity index (χ1n) is 4.32. The lowest BCUT2D eigenvalue weighted by atomic mass is 10.4. The molecule has 4 heteroatoms. The van der Waals surface area contributed by atoms with Crippen LogP contribution in [0.1, 0.15) is 30.7 Å². The fourth-order valence-corrected chi connectivity index (χ4v) is 1.85. The van der Waals surface area contributed by atoms with Crippen LogP contribution in [0.3, 0.4) is 0 Å². The summed E-state index contributed by atoms with van der Waals surface area (Å²) in [5, 5.41) is 3.03. The standard InChI is InChI=1S/C9H15NO2S/c1-4-12-7(2)9-10-8(5-11-3)6-13-9/h6-7H,4-5H2,1-3H3. The van der Waals surface area contributed by atoms with E-state index in [1.165, 1.54) is 0 Å². The minimum atomic E-state index is 0.0978. The molecule has 0 saturated carbocycles. The molecule has 1 heterocycles. The molecule has 1 rings (SSSR count). The monoisotopic (exact) mass is 201 g/mol. The Morgan fingerprint density at radius 1 is 1.62 bits per heavy atom. The van der Waals surface area contributed by atoms with Gasteiger partial charge in [0, 0.05) is 19.1 Å². The Balaban J connectivity index is 2.56. The van der Waals surface area contributed by atoms with Gasteiger partial charge in [-0.3, -0.25) is 0 Å². The van der Waals surface area contributed by atoms with Crippen molar-refractivity contribution in [3.63, 3.8) is 0 Å². The molecular weight excluding hydrogens is 186 g/mol. The third-order valence-corrected chi connectivity index (χ3v) is 2.68. The van der Waals surface area contributed by atoms with Crippen LogP contribution in [-0.4, -0.2) is 18.7 Å². The van der Waals surface area contributed by atoms with E-state index in [1.54, 1.807) is 18.4 Å². The van der Waals surface area contributed by atoms with E-state index in [0.717, 1.165) is 17.3 Å². The van der Waals surface area contributed by atoms with Crippen LogP contribution in [0.15, 0.2) is 5.38 Å². The molecule has 0 aliphatic heterocycles. The maximum absolute atomic E-state index is 5.43. The van der Waals surface area contributed by atoms with Gasteiger partial charge >= 0.3 is 0 Å². The number of thiazole rings is 1. The van der Waals surface area contributed by atoms with Crippen molar-refractivity contribution in [2.45, 2.75) is 26.6 Å². The van der Waals surface area contributed by atoms with Gasteiger partial charge in [-0.1, -0.05) is 0 Å². The highest BCUT2D eigenvalue weighted by Crippen LogP contribution is 2.21. The SMILES string of the molecule is CCOC(C)c1nc(COC)cs1. The lowest BCUT2D eigenvalue weighted by molar-refractivity contribution is 0.0758. The molecule has 0 aliphatic rings. The van der Waals surface area contributed by atoms with Crippen LogP contribution >= 0.6 is 11.3 Å². The molecule has 0 aromatic carbocycles. The predicted octanol–water partition coefficient (Wildman–Crippen LogP) is 2.39. The second-order valence-electron chi connectivity index (χ2n) is 2.71. The van der Waals surface area contributed by atoms with Crippen molar-refractivity contribution >= 4 is 11.3 Å². The molecule has 0 radical (unpaired) electrons. The molecule has 1 aromatic heterocycles. The minimum Gasteiger partial charge on any atom is -0.378 e. The highest BCUT2D eigenvalue weighted by molar-refractivity contribution is 7.09. The molecule has 74 valence electrons. The summed E-state index contributed by atoms with van der Waals surface area (Å²) in [6.07, 6.45) is 0.0978. The molecule has 0 saturated heterocycles. The second-order valence-corrected chi connectivity index (χ2v) is 3.60. The van der Waals surface area contributed by atoms with Gasteiger partial charge in [-0.2, -0.15) is 0 Å². The number of hydrogen-bond donors (Lipinski definition) is 0. The summed E-state index contributed by atoms with van der Waals surface area (Å²) in [5.74, 6) is 0. The molecule has 1 atom stereocenters. The average molecular weight is 201 g/mol. The summed E-state index contributed by atoms with van der Waals surface area (Å²) < 4.78 is 10.4. The molecule has 0 N–H and O–H groups in total. The third-order valence-electron chi connectivity index (χ3n) is 1.63.